The number of carbonyl (C=O) groups excluding carboxylic acids is 2. The van der Waals surface area contributed by atoms with Crippen LogP contribution in [0.25, 0.3) is 0 Å². The summed E-state index contributed by atoms with van der Waals surface area (Å²) in [5.74, 6) is -0.0944. The minimum absolute atomic E-state index is 0.250. The molecule has 1 aliphatic heterocycles. The number of nitrogens with zero attached hydrogens (tertiary/aromatic N) is 3. The molecule has 1 aromatic heterocycles. The number of carbonyl (C=O) groups is 2. The molecule has 8 nitrogen and oxygen atoms in total. The summed E-state index contributed by atoms with van der Waals surface area (Å²) in [5.41, 5.74) is 2.75. The van der Waals surface area contributed by atoms with Gasteiger partial charge < -0.3 is 15.4 Å². The molecule has 2 aromatic rings. The van der Waals surface area contributed by atoms with Crippen molar-refractivity contribution in [2.24, 2.45) is 7.05 Å². The largest absolute Gasteiger partial charge is 0.463 e. The Morgan fingerprint density at radius 1 is 1.37 bits per heavy atom. The monoisotopic (exact) mass is 387 g/mol. The van der Waals surface area contributed by atoms with Crippen LogP contribution in [-0.2, 0) is 16.6 Å². The van der Waals surface area contributed by atoms with Crippen molar-refractivity contribution in [3.8, 4) is 0 Å². The molecule has 2 amide bonds. The highest BCUT2D eigenvalue weighted by Gasteiger charge is 2.34. The van der Waals surface area contributed by atoms with Gasteiger partial charge in [-0.25, -0.2) is 19.3 Å². The number of aryl methyl sites for hydroxylation is 2. The van der Waals surface area contributed by atoms with Gasteiger partial charge in [0.25, 0.3) is 0 Å². The molecule has 27 heavy (non-hydrogen) atoms. The second-order valence-corrected chi connectivity index (χ2v) is 6.90. The number of urea groups is 1. The standard InChI is InChI=1S/C18H21N5O3S/c1-4-26-16(24)14-13(9-27-18-19-10-20-23(18)3)21-17(25)22-15(14)12-8-6-5-7-11(12)2/h5-8,10,15H,4,9H2,1-3H3,(H2,21,22,25). The van der Waals surface area contributed by atoms with Gasteiger partial charge in [-0.2, -0.15) is 5.10 Å². The number of thioether (sulfide) groups is 1. The lowest BCUT2D eigenvalue weighted by Gasteiger charge is -2.30. The molecule has 9 heteroatoms. The van der Waals surface area contributed by atoms with E-state index in [0.717, 1.165) is 11.1 Å². The van der Waals surface area contributed by atoms with Crippen LogP contribution in [0.4, 0.5) is 4.79 Å². The lowest BCUT2D eigenvalue weighted by Crippen LogP contribution is -2.46. The summed E-state index contributed by atoms with van der Waals surface area (Å²) >= 11 is 1.38. The van der Waals surface area contributed by atoms with Crippen molar-refractivity contribution in [1.29, 1.82) is 0 Å². The molecule has 0 fully saturated rings. The molecule has 1 aromatic carbocycles. The molecule has 3 rings (SSSR count). The molecule has 2 N–H and O–H groups in total. The number of rotatable bonds is 6. The van der Waals surface area contributed by atoms with Gasteiger partial charge in [-0.15, -0.1) is 0 Å². The van der Waals surface area contributed by atoms with Crippen molar-refractivity contribution < 1.29 is 14.3 Å². The first-order chi connectivity index (χ1) is 13.0. The van der Waals surface area contributed by atoms with Gasteiger partial charge >= 0.3 is 12.0 Å². The number of esters is 1. The van der Waals surface area contributed by atoms with E-state index in [2.05, 4.69) is 20.7 Å². The summed E-state index contributed by atoms with van der Waals surface area (Å²) < 4.78 is 6.90. The van der Waals surface area contributed by atoms with Crippen LogP contribution < -0.4 is 10.6 Å². The van der Waals surface area contributed by atoms with Crippen LogP contribution in [0.1, 0.15) is 24.1 Å². The average molecular weight is 387 g/mol. The van der Waals surface area contributed by atoms with Crippen LogP contribution in [0.15, 0.2) is 47.0 Å². The van der Waals surface area contributed by atoms with Crippen LogP contribution in [0.5, 0.6) is 0 Å². The Labute approximate surface area is 161 Å². The lowest BCUT2D eigenvalue weighted by atomic mass is 9.92. The molecule has 0 aliphatic carbocycles. The summed E-state index contributed by atoms with van der Waals surface area (Å²) in [4.78, 5) is 29.2. The fourth-order valence-corrected chi connectivity index (χ4v) is 3.74. The third kappa shape index (κ3) is 4.13. The van der Waals surface area contributed by atoms with Crippen molar-refractivity contribution in [3.05, 3.63) is 53.0 Å². The van der Waals surface area contributed by atoms with E-state index in [1.807, 2.05) is 31.2 Å². The van der Waals surface area contributed by atoms with Gasteiger partial charge in [0, 0.05) is 18.5 Å². The number of ether oxygens (including phenoxy) is 1. The third-order valence-electron chi connectivity index (χ3n) is 4.16. The van der Waals surface area contributed by atoms with Gasteiger partial charge in [-0.1, -0.05) is 36.0 Å². The molecule has 0 spiro atoms. The minimum Gasteiger partial charge on any atom is -0.463 e. The van der Waals surface area contributed by atoms with Crippen molar-refractivity contribution in [2.45, 2.75) is 25.0 Å². The highest BCUT2D eigenvalue weighted by atomic mass is 32.2. The van der Waals surface area contributed by atoms with Gasteiger partial charge in [-0.3, -0.25) is 0 Å². The first-order valence-electron chi connectivity index (χ1n) is 8.51. The van der Waals surface area contributed by atoms with E-state index in [0.29, 0.717) is 22.2 Å². The van der Waals surface area contributed by atoms with E-state index in [4.69, 9.17) is 4.74 Å². The Bertz CT molecular complexity index is 893. The van der Waals surface area contributed by atoms with E-state index in [1.165, 1.54) is 18.1 Å². The van der Waals surface area contributed by atoms with Crippen LogP contribution in [0, 0.1) is 6.92 Å². The van der Waals surface area contributed by atoms with Gasteiger partial charge in [0.15, 0.2) is 5.16 Å². The van der Waals surface area contributed by atoms with Crippen molar-refractivity contribution in [3.63, 3.8) is 0 Å². The first-order valence-corrected chi connectivity index (χ1v) is 9.49. The molecule has 0 radical (unpaired) electrons. The molecule has 1 unspecified atom stereocenters. The summed E-state index contributed by atoms with van der Waals surface area (Å²) in [6.07, 6.45) is 1.46. The second kappa shape index (κ2) is 8.26. The number of aromatic nitrogens is 3. The average Bonchev–Trinajstić information content (AvgIpc) is 3.05. The number of hydrogen-bond acceptors (Lipinski definition) is 6. The quantitative estimate of drug-likeness (QED) is 0.582. The molecule has 1 aliphatic rings. The Hall–Kier alpha value is -2.81. The number of hydrogen-bond donors (Lipinski definition) is 2. The summed E-state index contributed by atoms with van der Waals surface area (Å²) in [6.45, 7) is 3.95. The number of benzene rings is 1. The third-order valence-corrected chi connectivity index (χ3v) is 5.22. The zero-order valence-corrected chi connectivity index (χ0v) is 16.2. The minimum atomic E-state index is -0.575. The summed E-state index contributed by atoms with van der Waals surface area (Å²) in [7, 11) is 1.78. The van der Waals surface area contributed by atoms with Crippen LogP contribution >= 0.6 is 11.8 Å². The van der Waals surface area contributed by atoms with E-state index >= 15 is 0 Å². The van der Waals surface area contributed by atoms with Crippen molar-refractivity contribution in [2.75, 3.05) is 12.4 Å². The van der Waals surface area contributed by atoms with E-state index in [1.54, 1.807) is 18.7 Å². The SMILES string of the molecule is CCOC(=O)C1=C(CSc2ncnn2C)NC(=O)NC1c1ccccc1C. The van der Waals surface area contributed by atoms with Crippen LogP contribution in [0.2, 0.25) is 0 Å². The number of amides is 2. The maximum atomic E-state index is 12.7. The van der Waals surface area contributed by atoms with Gasteiger partial charge in [0.2, 0.25) is 0 Å². The molecular formula is C18H21N5O3S. The van der Waals surface area contributed by atoms with Crippen LogP contribution in [0.3, 0.4) is 0 Å². The highest BCUT2D eigenvalue weighted by molar-refractivity contribution is 7.99. The fraction of sp³-hybridized carbons (Fsp3) is 0.333. The smallest absolute Gasteiger partial charge is 0.338 e. The predicted molar refractivity (Wildman–Crippen MR) is 101 cm³/mol. The molecular weight excluding hydrogens is 366 g/mol. The van der Waals surface area contributed by atoms with E-state index in [-0.39, 0.29) is 12.6 Å². The summed E-state index contributed by atoms with van der Waals surface area (Å²) in [5, 5.41) is 10.3. The molecule has 2 heterocycles. The normalized spacial score (nSPS) is 16.7. The Balaban J connectivity index is 2.00. The predicted octanol–water partition coefficient (Wildman–Crippen LogP) is 2.09. The van der Waals surface area contributed by atoms with Gasteiger partial charge in [-0.05, 0) is 25.0 Å². The summed E-state index contributed by atoms with van der Waals surface area (Å²) in [6, 6.07) is 6.71. The Morgan fingerprint density at radius 3 is 2.81 bits per heavy atom. The maximum Gasteiger partial charge on any atom is 0.338 e. The Kier molecular flexibility index (Phi) is 5.80. The molecule has 142 valence electrons. The molecule has 0 saturated carbocycles. The second-order valence-electron chi connectivity index (χ2n) is 5.96. The topological polar surface area (TPSA) is 98.1 Å². The molecule has 0 bridgehead atoms. The molecule has 1 atom stereocenters. The zero-order chi connectivity index (χ0) is 19.4. The van der Waals surface area contributed by atoms with Gasteiger partial charge in [0.05, 0.1) is 18.2 Å². The van der Waals surface area contributed by atoms with Crippen LogP contribution in [-0.4, -0.2) is 39.1 Å². The Morgan fingerprint density at radius 2 is 2.15 bits per heavy atom. The maximum absolute atomic E-state index is 12.7. The van der Waals surface area contributed by atoms with Crippen molar-refractivity contribution >= 4 is 23.8 Å². The molecule has 0 saturated heterocycles. The van der Waals surface area contributed by atoms with E-state index in [9.17, 15) is 9.59 Å². The lowest BCUT2D eigenvalue weighted by molar-refractivity contribution is -0.139. The first kappa shape index (κ1) is 19.0. The number of nitrogens with one attached hydrogen (secondary N) is 2. The van der Waals surface area contributed by atoms with Gasteiger partial charge in [0.1, 0.15) is 6.33 Å². The highest BCUT2D eigenvalue weighted by Crippen LogP contribution is 2.31. The fourth-order valence-electron chi connectivity index (χ4n) is 2.88. The van der Waals surface area contributed by atoms with Crippen molar-refractivity contribution in [1.82, 2.24) is 25.4 Å². The zero-order valence-electron chi connectivity index (χ0n) is 15.4. The van der Waals surface area contributed by atoms with E-state index < -0.39 is 12.0 Å².